The highest BCUT2D eigenvalue weighted by molar-refractivity contribution is 5.32. The molecule has 31 heavy (non-hydrogen) atoms. The molecule has 0 bridgehead atoms. The lowest BCUT2D eigenvalue weighted by molar-refractivity contribution is -0.223. The van der Waals surface area contributed by atoms with Crippen LogP contribution in [-0.2, 0) is 0 Å². The van der Waals surface area contributed by atoms with Gasteiger partial charge in [0.25, 0.3) is 0 Å². The van der Waals surface area contributed by atoms with Crippen LogP contribution < -0.4 is 0 Å². The minimum atomic E-state index is -0.100. The molecule has 1 nitrogen and oxygen atoms in total. The molecule has 0 aromatic rings. The summed E-state index contributed by atoms with van der Waals surface area (Å²) in [5.41, 5.74) is 3.00. The van der Waals surface area contributed by atoms with E-state index in [1.807, 2.05) is 0 Å². The van der Waals surface area contributed by atoms with Crippen molar-refractivity contribution in [3.63, 3.8) is 0 Å². The largest absolute Gasteiger partial charge is 0.393 e. The zero-order chi connectivity index (χ0) is 22.2. The van der Waals surface area contributed by atoms with Gasteiger partial charge in [0, 0.05) is 0 Å². The Morgan fingerprint density at radius 3 is 2.16 bits per heavy atom. The molecule has 11 atom stereocenters. The van der Waals surface area contributed by atoms with E-state index in [9.17, 15) is 5.11 Å². The van der Waals surface area contributed by atoms with Crippen molar-refractivity contribution in [2.24, 2.45) is 62.1 Å². The smallest absolute Gasteiger partial charge is 0.0594 e. The highest BCUT2D eigenvalue weighted by Gasteiger charge is 2.84. The normalized spacial score (nSPS) is 64.3. The molecular formula is C30H50O. The first kappa shape index (κ1) is 21.5. The summed E-state index contributed by atoms with van der Waals surface area (Å²) >= 11 is 0. The Balaban J connectivity index is 1.40. The summed E-state index contributed by atoms with van der Waals surface area (Å²) in [6, 6.07) is 0. The molecule has 0 saturated heterocycles. The van der Waals surface area contributed by atoms with Gasteiger partial charge in [0.05, 0.1) is 6.10 Å². The molecule has 6 aliphatic carbocycles. The minimum Gasteiger partial charge on any atom is -0.393 e. The van der Waals surface area contributed by atoms with Gasteiger partial charge in [-0.2, -0.15) is 0 Å². The highest BCUT2D eigenvalue weighted by atomic mass is 16.3. The van der Waals surface area contributed by atoms with Crippen LogP contribution >= 0.6 is 0 Å². The molecule has 0 spiro atoms. The summed E-state index contributed by atoms with van der Waals surface area (Å²) in [4.78, 5) is 0. The Morgan fingerprint density at radius 1 is 0.710 bits per heavy atom. The fourth-order valence-electron chi connectivity index (χ4n) is 12.8. The number of aliphatic hydroxyl groups is 1. The van der Waals surface area contributed by atoms with Crippen molar-refractivity contribution < 1.29 is 5.11 Å². The topological polar surface area (TPSA) is 20.2 Å². The summed E-state index contributed by atoms with van der Waals surface area (Å²) in [7, 11) is 0. The second-order valence-electron chi connectivity index (χ2n) is 15.4. The predicted molar refractivity (Wildman–Crippen MR) is 129 cm³/mol. The van der Waals surface area contributed by atoms with Crippen LogP contribution in [0, 0.1) is 62.1 Å². The van der Waals surface area contributed by atoms with Crippen LogP contribution in [0.15, 0.2) is 0 Å². The molecule has 0 amide bonds. The fourth-order valence-corrected chi connectivity index (χ4v) is 12.8. The first-order chi connectivity index (χ1) is 14.4. The van der Waals surface area contributed by atoms with Gasteiger partial charge in [-0.15, -0.1) is 0 Å². The van der Waals surface area contributed by atoms with Gasteiger partial charge in [-0.05, 0) is 133 Å². The molecule has 1 heteroatoms. The highest BCUT2D eigenvalue weighted by Crippen LogP contribution is 2.91. The molecule has 0 aromatic heterocycles. The van der Waals surface area contributed by atoms with Gasteiger partial charge in [0.1, 0.15) is 0 Å². The summed E-state index contributed by atoms with van der Waals surface area (Å²) in [6.45, 7) is 18.2. The second-order valence-corrected chi connectivity index (χ2v) is 15.4. The van der Waals surface area contributed by atoms with Gasteiger partial charge in [0.15, 0.2) is 0 Å². The van der Waals surface area contributed by atoms with E-state index in [1.165, 1.54) is 57.8 Å². The first-order valence-electron chi connectivity index (χ1n) is 14.1. The Morgan fingerprint density at radius 2 is 1.42 bits per heavy atom. The number of rotatable bonds is 0. The summed E-state index contributed by atoms with van der Waals surface area (Å²) in [5.74, 6) is 4.39. The van der Waals surface area contributed by atoms with Crippen LogP contribution in [-0.4, -0.2) is 11.2 Å². The Bertz CT molecular complexity index is 785. The lowest BCUT2D eigenvalue weighted by Gasteiger charge is -2.70. The molecule has 0 aromatic carbocycles. The summed E-state index contributed by atoms with van der Waals surface area (Å²) < 4.78 is 0. The van der Waals surface area contributed by atoms with E-state index in [2.05, 4.69) is 48.5 Å². The maximum atomic E-state index is 10.9. The van der Waals surface area contributed by atoms with E-state index in [1.54, 1.807) is 6.42 Å². The van der Waals surface area contributed by atoms with Crippen LogP contribution in [0.2, 0.25) is 0 Å². The number of fused-ring (bicyclic) bond motifs is 4. The van der Waals surface area contributed by atoms with E-state index in [0.29, 0.717) is 33.0 Å². The van der Waals surface area contributed by atoms with Gasteiger partial charge in [0.2, 0.25) is 0 Å². The van der Waals surface area contributed by atoms with Crippen molar-refractivity contribution in [2.45, 2.75) is 125 Å². The third kappa shape index (κ3) is 2.21. The van der Waals surface area contributed by atoms with Crippen molar-refractivity contribution in [3.8, 4) is 0 Å². The van der Waals surface area contributed by atoms with Crippen molar-refractivity contribution in [3.05, 3.63) is 0 Å². The van der Waals surface area contributed by atoms with Crippen LogP contribution in [0.25, 0.3) is 0 Å². The molecule has 6 saturated carbocycles. The van der Waals surface area contributed by atoms with Crippen LogP contribution in [0.3, 0.4) is 0 Å². The van der Waals surface area contributed by atoms with Crippen LogP contribution in [0.1, 0.15) is 119 Å². The van der Waals surface area contributed by atoms with Gasteiger partial charge >= 0.3 is 0 Å². The van der Waals surface area contributed by atoms with Crippen LogP contribution in [0.5, 0.6) is 0 Å². The maximum absolute atomic E-state index is 10.9. The van der Waals surface area contributed by atoms with Crippen molar-refractivity contribution in [2.75, 3.05) is 0 Å². The van der Waals surface area contributed by atoms with Crippen molar-refractivity contribution in [1.82, 2.24) is 0 Å². The third-order valence-corrected chi connectivity index (χ3v) is 14.5. The van der Waals surface area contributed by atoms with E-state index in [-0.39, 0.29) is 11.5 Å². The van der Waals surface area contributed by atoms with Gasteiger partial charge in [-0.3, -0.25) is 0 Å². The predicted octanol–water partition coefficient (Wildman–Crippen LogP) is 7.86. The Labute approximate surface area is 192 Å². The first-order valence-corrected chi connectivity index (χ1v) is 14.1. The number of aliphatic hydroxyl groups excluding tert-OH is 1. The molecule has 0 heterocycles. The van der Waals surface area contributed by atoms with E-state index >= 15 is 0 Å². The molecule has 0 aliphatic heterocycles. The molecule has 6 rings (SSSR count). The maximum Gasteiger partial charge on any atom is 0.0594 e. The number of hydrogen-bond acceptors (Lipinski definition) is 1. The molecule has 6 aliphatic rings. The standard InChI is InChI=1S/C30H50O/c1-19-8-12-26(5)16-17-30-18-29(30,24(26)20(19)2)15-10-22-27(6)13-11-23(31)25(3,4)21(27)9-14-28(22,30)7/h19-24,31H,8-18H2,1-7H3/t19-,20?,21+,22?,23?,24?,26?,27?,28?,29-,30-/m1/s1. The zero-order valence-electron chi connectivity index (χ0n) is 21.7. The summed E-state index contributed by atoms with van der Waals surface area (Å²) in [5, 5.41) is 10.9. The molecule has 1 N–H and O–H groups in total. The van der Waals surface area contributed by atoms with E-state index in [0.717, 1.165) is 30.1 Å². The molecule has 6 fully saturated rings. The zero-order valence-corrected chi connectivity index (χ0v) is 21.7. The van der Waals surface area contributed by atoms with Gasteiger partial charge in [-0.25, -0.2) is 0 Å². The number of hydrogen-bond donors (Lipinski definition) is 1. The average Bonchev–Trinajstić information content (AvgIpc) is 3.39. The van der Waals surface area contributed by atoms with Crippen molar-refractivity contribution in [1.29, 1.82) is 0 Å². The Hall–Kier alpha value is -0.0400. The third-order valence-electron chi connectivity index (χ3n) is 14.5. The minimum absolute atomic E-state index is 0.0858. The molecule has 0 radical (unpaired) electrons. The molecule has 176 valence electrons. The fraction of sp³-hybridized carbons (Fsp3) is 1.00. The Kier molecular flexibility index (Phi) is 4.13. The summed E-state index contributed by atoms with van der Waals surface area (Å²) in [6.07, 6.45) is 15.5. The average molecular weight is 427 g/mol. The van der Waals surface area contributed by atoms with Gasteiger partial charge in [-0.1, -0.05) is 48.5 Å². The lowest BCUT2D eigenvalue weighted by atomic mass is 9.35. The quantitative estimate of drug-likeness (QED) is 0.418. The van der Waals surface area contributed by atoms with Crippen LogP contribution in [0.4, 0.5) is 0 Å². The van der Waals surface area contributed by atoms with Crippen molar-refractivity contribution >= 4 is 0 Å². The van der Waals surface area contributed by atoms with E-state index in [4.69, 9.17) is 0 Å². The monoisotopic (exact) mass is 426 g/mol. The molecule has 7 unspecified atom stereocenters. The SMILES string of the molecule is CC1C2C(C)(CC[C@H]1C)CC[C@]13C[C@]21CCC1C2(C)CCC(O)C(C)(C)[C@@H]2CCC13C. The van der Waals surface area contributed by atoms with Gasteiger partial charge < -0.3 is 5.11 Å². The lowest BCUT2D eigenvalue weighted by Crippen LogP contribution is -2.64. The molecular weight excluding hydrogens is 376 g/mol. The van der Waals surface area contributed by atoms with E-state index < -0.39 is 0 Å². The second kappa shape index (κ2) is 5.95.